The highest BCUT2D eigenvalue weighted by molar-refractivity contribution is 5.97. The van der Waals surface area contributed by atoms with Crippen molar-refractivity contribution >= 4 is 16.8 Å². The third-order valence-electron chi connectivity index (χ3n) is 6.13. The summed E-state index contributed by atoms with van der Waals surface area (Å²) >= 11 is 0. The van der Waals surface area contributed by atoms with Gasteiger partial charge in [0.25, 0.3) is 0 Å². The smallest absolute Gasteiger partial charge is 0.339 e. The van der Waals surface area contributed by atoms with Crippen molar-refractivity contribution in [3.8, 4) is 16.9 Å². The second kappa shape index (κ2) is 8.83. The number of fused-ring (bicyclic) bond motifs is 3. The fraction of sp³-hybridized carbons (Fsp3) is 0.214. The Kier molecular flexibility index (Phi) is 5.59. The monoisotopic (exact) mass is 424 g/mol. The highest BCUT2D eigenvalue weighted by Crippen LogP contribution is 2.29. The van der Waals surface area contributed by atoms with Crippen molar-refractivity contribution in [2.24, 2.45) is 0 Å². The summed E-state index contributed by atoms with van der Waals surface area (Å²) in [6.45, 7) is -0.0780. The minimum atomic E-state index is -0.249. The average Bonchev–Trinajstić information content (AvgIpc) is 3.10. The highest BCUT2D eigenvalue weighted by atomic mass is 16.5. The van der Waals surface area contributed by atoms with Crippen molar-refractivity contribution in [2.45, 2.75) is 32.1 Å². The van der Waals surface area contributed by atoms with Crippen molar-refractivity contribution in [1.82, 2.24) is 0 Å². The fourth-order valence-corrected chi connectivity index (χ4v) is 4.40. The third kappa shape index (κ3) is 4.09. The lowest BCUT2D eigenvalue weighted by Gasteiger charge is -2.10. The van der Waals surface area contributed by atoms with E-state index < -0.39 is 0 Å². The van der Waals surface area contributed by atoms with Crippen LogP contribution in [-0.2, 0) is 12.8 Å². The molecule has 0 spiro atoms. The Morgan fingerprint density at radius 3 is 2.31 bits per heavy atom. The summed E-state index contributed by atoms with van der Waals surface area (Å²) in [6.07, 6.45) is 4.92. The van der Waals surface area contributed by atoms with Crippen LogP contribution in [0.3, 0.4) is 0 Å². The lowest BCUT2D eigenvalue weighted by Crippen LogP contribution is -2.12. The fourth-order valence-electron chi connectivity index (χ4n) is 4.40. The van der Waals surface area contributed by atoms with Crippen LogP contribution < -0.4 is 10.4 Å². The molecule has 4 nitrogen and oxygen atoms in total. The van der Waals surface area contributed by atoms with Gasteiger partial charge in [0, 0.05) is 22.6 Å². The van der Waals surface area contributed by atoms with Gasteiger partial charge in [0.05, 0.1) is 0 Å². The number of rotatable bonds is 5. The molecule has 0 atom stereocenters. The molecule has 5 rings (SSSR count). The molecule has 0 saturated carbocycles. The van der Waals surface area contributed by atoms with Gasteiger partial charge < -0.3 is 9.15 Å². The average molecular weight is 424 g/mol. The molecule has 32 heavy (non-hydrogen) atoms. The maximum atomic E-state index is 12.6. The van der Waals surface area contributed by atoms with E-state index in [9.17, 15) is 9.59 Å². The molecule has 4 aromatic rings. The zero-order chi connectivity index (χ0) is 21.9. The van der Waals surface area contributed by atoms with Gasteiger partial charge in [0.1, 0.15) is 11.3 Å². The molecule has 3 aromatic carbocycles. The topological polar surface area (TPSA) is 56.5 Å². The molecule has 0 aliphatic heterocycles. The SMILES string of the molecule is O=C(COc1ccc2c3c(c(=O)oc2c1)CCCCC3)c1ccc(-c2ccccc2)cc1. The van der Waals surface area contributed by atoms with Crippen LogP contribution in [0.5, 0.6) is 5.75 Å². The van der Waals surface area contributed by atoms with Gasteiger partial charge >= 0.3 is 5.63 Å². The second-order valence-electron chi connectivity index (χ2n) is 8.22. The standard InChI is InChI=1S/C28H24O4/c29-26(21-13-11-20(12-14-21)19-7-3-1-4-8-19)18-31-22-15-16-24-23-9-5-2-6-10-25(23)28(30)32-27(24)17-22/h1,3-4,7-8,11-17H,2,5-6,9-10,18H2. The van der Waals surface area contributed by atoms with Crippen molar-refractivity contribution in [2.75, 3.05) is 6.61 Å². The van der Waals surface area contributed by atoms with Crippen molar-refractivity contribution in [3.63, 3.8) is 0 Å². The molecular weight excluding hydrogens is 400 g/mol. The van der Waals surface area contributed by atoms with Gasteiger partial charge in [-0.2, -0.15) is 0 Å². The van der Waals surface area contributed by atoms with Crippen LogP contribution in [0.4, 0.5) is 0 Å². The maximum Gasteiger partial charge on any atom is 0.339 e. The van der Waals surface area contributed by atoms with E-state index in [4.69, 9.17) is 9.15 Å². The van der Waals surface area contributed by atoms with Gasteiger partial charge in [-0.1, -0.05) is 61.0 Å². The summed E-state index contributed by atoms with van der Waals surface area (Å²) < 4.78 is 11.3. The summed E-state index contributed by atoms with van der Waals surface area (Å²) in [4.78, 5) is 25.1. The highest BCUT2D eigenvalue weighted by Gasteiger charge is 2.17. The Morgan fingerprint density at radius 1 is 0.812 bits per heavy atom. The first-order valence-electron chi connectivity index (χ1n) is 11.1. The van der Waals surface area contributed by atoms with Crippen molar-refractivity contribution in [1.29, 1.82) is 0 Å². The zero-order valence-electron chi connectivity index (χ0n) is 17.8. The van der Waals surface area contributed by atoms with E-state index in [1.165, 1.54) is 0 Å². The molecule has 1 heterocycles. The minimum Gasteiger partial charge on any atom is -0.485 e. The molecule has 0 radical (unpaired) electrons. The predicted molar refractivity (Wildman–Crippen MR) is 125 cm³/mol. The van der Waals surface area contributed by atoms with E-state index in [0.29, 0.717) is 16.9 Å². The van der Waals surface area contributed by atoms with E-state index in [2.05, 4.69) is 0 Å². The molecule has 0 unspecified atom stereocenters. The van der Waals surface area contributed by atoms with Crippen molar-refractivity contribution in [3.05, 3.63) is 99.9 Å². The van der Waals surface area contributed by atoms with E-state index >= 15 is 0 Å². The summed E-state index contributed by atoms with van der Waals surface area (Å²) in [6, 6.07) is 23.1. The Morgan fingerprint density at radius 2 is 1.53 bits per heavy atom. The number of ether oxygens (including phenoxy) is 1. The van der Waals surface area contributed by atoms with Crippen LogP contribution in [0.25, 0.3) is 22.1 Å². The first-order chi connectivity index (χ1) is 15.7. The Bertz CT molecular complexity index is 1320. The van der Waals surface area contributed by atoms with Gasteiger partial charge in [-0.15, -0.1) is 0 Å². The number of Topliss-reactive ketones (excluding diaryl/α,β-unsaturated/α-hetero) is 1. The number of benzene rings is 3. The summed E-state index contributed by atoms with van der Waals surface area (Å²) in [7, 11) is 0. The van der Waals surface area contributed by atoms with E-state index in [1.54, 1.807) is 6.07 Å². The maximum absolute atomic E-state index is 12.6. The summed E-state index contributed by atoms with van der Waals surface area (Å²) in [5, 5.41) is 0.969. The molecule has 4 heteroatoms. The number of carbonyl (C=O) groups excluding carboxylic acids is 1. The quantitative estimate of drug-likeness (QED) is 0.224. The molecular formula is C28H24O4. The first-order valence-corrected chi connectivity index (χ1v) is 11.1. The number of carbonyl (C=O) groups is 1. The van der Waals surface area contributed by atoms with Gasteiger partial charge in [-0.25, -0.2) is 4.79 Å². The largest absolute Gasteiger partial charge is 0.485 e. The predicted octanol–water partition coefficient (Wildman–Crippen LogP) is 5.99. The van der Waals surface area contributed by atoms with Crippen LogP contribution in [0.1, 0.15) is 40.7 Å². The number of hydrogen-bond acceptors (Lipinski definition) is 4. The zero-order valence-corrected chi connectivity index (χ0v) is 17.8. The Hall–Kier alpha value is -3.66. The van der Waals surface area contributed by atoms with Gasteiger partial charge in [0.15, 0.2) is 12.4 Å². The Labute approximate surface area is 186 Å². The lowest BCUT2D eigenvalue weighted by molar-refractivity contribution is 0.0921. The van der Waals surface area contributed by atoms with Crippen LogP contribution in [0.2, 0.25) is 0 Å². The van der Waals surface area contributed by atoms with E-state index in [0.717, 1.165) is 59.7 Å². The molecule has 0 saturated heterocycles. The van der Waals surface area contributed by atoms with Crippen LogP contribution in [0, 0.1) is 0 Å². The number of ketones is 1. The normalized spacial score (nSPS) is 13.4. The molecule has 1 aliphatic carbocycles. The Balaban J connectivity index is 1.32. The molecule has 0 fully saturated rings. The molecule has 1 aliphatic rings. The van der Waals surface area contributed by atoms with Crippen LogP contribution in [-0.4, -0.2) is 12.4 Å². The van der Waals surface area contributed by atoms with Crippen LogP contribution >= 0.6 is 0 Å². The molecule has 0 amide bonds. The third-order valence-corrected chi connectivity index (χ3v) is 6.13. The van der Waals surface area contributed by atoms with Crippen molar-refractivity contribution < 1.29 is 13.9 Å². The van der Waals surface area contributed by atoms with Gasteiger partial charge in [-0.05, 0) is 54.5 Å². The number of aryl methyl sites for hydroxylation is 1. The molecule has 0 N–H and O–H groups in total. The first kappa shape index (κ1) is 20.3. The van der Waals surface area contributed by atoms with Crippen LogP contribution in [0.15, 0.2) is 82.0 Å². The molecule has 160 valence electrons. The van der Waals surface area contributed by atoms with E-state index in [-0.39, 0.29) is 18.0 Å². The summed E-state index contributed by atoms with van der Waals surface area (Å²) in [5.74, 6) is 0.413. The second-order valence-corrected chi connectivity index (χ2v) is 8.22. The number of hydrogen-bond donors (Lipinski definition) is 0. The molecule has 0 bridgehead atoms. The lowest BCUT2D eigenvalue weighted by atomic mass is 10.0. The van der Waals surface area contributed by atoms with E-state index in [1.807, 2.05) is 66.7 Å². The summed E-state index contributed by atoms with van der Waals surface area (Å²) in [5.41, 5.74) is 4.97. The van der Waals surface area contributed by atoms with Gasteiger partial charge in [0.2, 0.25) is 0 Å². The minimum absolute atomic E-state index is 0.0780. The molecule has 1 aromatic heterocycles. The van der Waals surface area contributed by atoms with Gasteiger partial charge in [-0.3, -0.25) is 4.79 Å².